The van der Waals surface area contributed by atoms with Crippen LogP contribution in [0.3, 0.4) is 0 Å². The third-order valence-electron chi connectivity index (χ3n) is 2.32. The molecule has 3 N–H and O–H groups in total. The van der Waals surface area contributed by atoms with Crippen LogP contribution in [-0.2, 0) is 9.59 Å². The Balaban J connectivity index is 3.71. The highest BCUT2D eigenvalue weighted by Crippen LogP contribution is 2.03. The summed E-state index contributed by atoms with van der Waals surface area (Å²) >= 11 is 1.80. The maximum absolute atomic E-state index is 11.4. The van der Waals surface area contributed by atoms with Crippen molar-refractivity contribution in [3.8, 4) is 0 Å². The van der Waals surface area contributed by atoms with Crippen LogP contribution in [0.5, 0.6) is 0 Å². The first-order valence-corrected chi connectivity index (χ1v) is 7.51. The number of rotatable bonds is 9. The molecule has 0 aliphatic carbocycles. The van der Waals surface area contributed by atoms with Gasteiger partial charge in [-0.2, -0.15) is 11.8 Å². The van der Waals surface area contributed by atoms with E-state index in [-0.39, 0.29) is 25.3 Å². The van der Waals surface area contributed by atoms with Gasteiger partial charge < -0.3 is 10.4 Å². The van der Waals surface area contributed by atoms with Crippen LogP contribution >= 0.6 is 11.8 Å². The molecule has 1 unspecified atom stereocenters. The Morgan fingerprint density at radius 1 is 1.26 bits per heavy atom. The number of carbonyl (C=O) groups excluding carboxylic acids is 2. The minimum Gasteiger partial charge on any atom is -0.481 e. The predicted molar refractivity (Wildman–Crippen MR) is 75.2 cm³/mol. The summed E-state index contributed by atoms with van der Waals surface area (Å²) in [6.45, 7) is 3.95. The van der Waals surface area contributed by atoms with Gasteiger partial charge in [-0.15, -0.1) is 0 Å². The Morgan fingerprint density at radius 3 is 2.53 bits per heavy atom. The number of nitrogens with one attached hydrogen (secondary N) is 2. The van der Waals surface area contributed by atoms with E-state index in [9.17, 15) is 14.4 Å². The van der Waals surface area contributed by atoms with Gasteiger partial charge in [0.2, 0.25) is 5.91 Å². The molecule has 7 heteroatoms. The van der Waals surface area contributed by atoms with Crippen molar-refractivity contribution < 1.29 is 19.5 Å². The molecule has 19 heavy (non-hydrogen) atoms. The Labute approximate surface area is 117 Å². The zero-order valence-electron chi connectivity index (χ0n) is 11.4. The number of carbonyl (C=O) groups is 3. The van der Waals surface area contributed by atoms with Crippen molar-refractivity contribution >= 4 is 29.7 Å². The van der Waals surface area contributed by atoms with Crippen LogP contribution in [0.2, 0.25) is 0 Å². The minimum absolute atomic E-state index is 0.00543. The summed E-state index contributed by atoms with van der Waals surface area (Å²) in [6.07, 6.45) is 1.05. The standard InChI is InChI=1S/C12H22N2O4S/c1-3-19-8-7-9(2)13-12(18)14-10(15)5-4-6-11(16)17/h9H,3-8H2,1-2H3,(H,16,17)(H2,13,14,15,18). The number of amides is 3. The van der Waals surface area contributed by atoms with E-state index in [4.69, 9.17) is 5.11 Å². The van der Waals surface area contributed by atoms with Crippen LogP contribution in [0.25, 0.3) is 0 Å². The zero-order valence-corrected chi connectivity index (χ0v) is 12.2. The van der Waals surface area contributed by atoms with Gasteiger partial charge in [-0.25, -0.2) is 4.79 Å². The van der Waals surface area contributed by atoms with Crippen molar-refractivity contribution in [2.45, 2.75) is 45.6 Å². The molecule has 0 aromatic heterocycles. The van der Waals surface area contributed by atoms with Gasteiger partial charge in [0.1, 0.15) is 0 Å². The van der Waals surface area contributed by atoms with Gasteiger partial charge >= 0.3 is 12.0 Å². The van der Waals surface area contributed by atoms with Gasteiger partial charge in [0.15, 0.2) is 0 Å². The van der Waals surface area contributed by atoms with Crippen LogP contribution < -0.4 is 10.6 Å². The lowest BCUT2D eigenvalue weighted by molar-refractivity contribution is -0.137. The van der Waals surface area contributed by atoms with Crippen LogP contribution in [0, 0.1) is 0 Å². The number of urea groups is 1. The Morgan fingerprint density at radius 2 is 1.95 bits per heavy atom. The molecule has 0 aromatic carbocycles. The average molecular weight is 290 g/mol. The summed E-state index contributed by atoms with van der Waals surface area (Å²) in [6, 6.07) is -0.514. The maximum atomic E-state index is 11.4. The molecule has 0 fully saturated rings. The van der Waals surface area contributed by atoms with E-state index in [2.05, 4.69) is 17.6 Å². The summed E-state index contributed by atoms with van der Waals surface area (Å²) < 4.78 is 0. The van der Waals surface area contributed by atoms with Gasteiger partial charge in [-0.3, -0.25) is 14.9 Å². The highest BCUT2D eigenvalue weighted by Gasteiger charge is 2.10. The fourth-order valence-electron chi connectivity index (χ4n) is 1.33. The van der Waals surface area contributed by atoms with E-state index in [1.807, 2.05) is 6.92 Å². The smallest absolute Gasteiger partial charge is 0.321 e. The molecule has 0 heterocycles. The third-order valence-corrected chi connectivity index (χ3v) is 3.26. The van der Waals surface area contributed by atoms with Crippen molar-refractivity contribution in [1.29, 1.82) is 0 Å². The fourth-order valence-corrected chi connectivity index (χ4v) is 2.13. The van der Waals surface area contributed by atoms with E-state index in [1.165, 1.54) is 0 Å². The van der Waals surface area contributed by atoms with Gasteiger partial charge in [0.25, 0.3) is 0 Å². The number of hydrogen-bond acceptors (Lipinski definition) is 4. The molecule has 0 rings (SSSR count). The van der Waals surface area contributed by atoms with Crippen LogP contribution in [0.1, 0.15) is 39.5 Å². The SMILES string of the molecule is CCSCCC(C)NC(=O)NC(=O)CCCC(=O)O. The zero-order chi connectivity index (χ0) is 14.7. The van der Waals surface area contributed by atoms with Gasteiger partial charge in [-0.05, 0) is 31.3 Å². The first-order chi connectivity index (χ1) is 8.95. The summed E-state index contributed by atoms with van der Waals surface area (Å²) in [5.74, 6) is 0.610. The topological polar surface area (TPSA) is 95.5 Å². The van der Waals surface area contributed by atoms with Gasteiger partial charge in [-0.1, -0.05) is 6.92 Å². The Hall–Kier alpha value is -1.24. The monoisotopic (exact) mass is 290 g/mol. The van der Waals surface area contributed by atoms with Gasteiger partial charge in [0.05, 0.1) is 0 Å². The normalized spacial score (nSPS) is 11.7. The lowest BCUT2D eigenvalue weighted by Gasteiger charge is -2.13. The van der Waals surface area contributed by atoms with Crippen LogP contribution in [-0.4, -0.2) is 40.6 Å². The lowest BCUT2D eigenvalue weighted by Crippen LogP contribution is -2.43. The first kappa shape index (κ1) is 17.8. The van der Waals surface area contributed by atoms with Gasteiger partial charge in [0, 0.05) is 18.9 Å². The van der Waals surface area contributed by atoms with E-state index >= 15 is 0 Å². The number of hydrogen-bond donors (Lipinski definition) is 3. The third kappa shape index (κ3) is 11.6. The second kappa shape index (κ2) is 10.7. The number of carboxylic acids is 1. The number of thioether (sulfide) groups is 1. The second-order valence-electron chi connectivity index (χ2n) is 4.16. The van der Waals surface area contributed by atoms with Crippen LogP contribution in [0.4, 0.5) is 4.79 Å². The molecule has 6 nitrogen and oxygen atoms in total. The van der Waals surface area contributed by atoms with Crippen molar-refractivity contribution in [3.05, 3.63) is 0 Å². The molecule has 0 aliphatic rings. The molecule has 0 spiro atoms. The number of aliphatic carboxylic acids is 1. The molecule has 0 aromatic rings. The number of carboxylic acid groups (broad SMARTS) is 1. The summed E-state index contributed by atoms with van der Waals surface area (Å²) in [7, 11) is 0. The molecule has 110 valence electrons. The largest absolute Gasteiger partial charge is 0.481 e. The van der Waals surface area contributed by atoms with E-state index in [0.717, 1.165) is 17.9 Å². The first-order valence-electron chi connectivity index (χ1n) is 6.35. The fraction of sp³-hybridized carbons (Fsp3) is 0.750. The predicted octanol–water partition coefficient (Wildman–Crippen LogP) is 1.60. The molecule has 0 radical (unpaired) electrons. The quantitative estimate of drug-likeness (QED) is 0.561. The summed E-state index contributed by atoms with van der Waals surface area (Å²) in [5.41, 5.74) is 0. The van der Waals surface area contributed by atoms with Crippen molar-refractivity contribution in [1.82, 2.24) is 10.6 Å². The molecule has 0 saturated carbocycles. The van der Waals surface area contributed by atoms with Crippen molar-refractivity contribution in [2.75, 3.05) is 11.5 Å². The van der Waals surface area contributed by atoms with Crippen molar-refractivity contribution in [2.24, 2.45) is 0 Å². The maximum Gasteiger partial charge on any atom is 0.321 e. The highest BCUT2D eigenvalue weighted by molar-refractivity contribution is 7.99. The number of imide groups is 1. The molecular formula is C12H22N2O4S. The molecule has 0 bridgehead atoms. The Kier molecular flexibility index (Phi) is 9.97. The van der Waals surface area contributed by atoms with E-state index < -0.39 is 17.9 Å². The highest BCUT2D eigenvalue weighted by atomic mass is 32.2. The lowest BCUT2D eigenvalue weighted by atomic mass is 10.2. The summed E-state index contributed by atoms with van der Waals surface area (Å²) in [5, 5.41) is 13.3. The summed E-state index contributed by atoms with van der Waals surface area (Å²) in [4.78, 5) is 33.0. The van der Waals surface area contributed by atoms with E-state index in [0.29, 0.717) is 0 Å². The molecule has 3 amide bonds. The molecule has 1 atom stereocenters. The minimum atomic E-state index is -0.945. The molecule has 0 aliphatic heterocycles. The van der Waals surface area contributed by atoms with Crippen LogP contribution in [0.15, 0.2) is 0 Å². The van der Waals surface area contributed by atoms with Crippen molar-refractivity contribution in [3.63, 3.8) is 0 Å². The molecular weight excluding hydrogens is 268 g/mol. The van der Waals surface area contributed by atoms with E-state index in [1.54, 1.807) is 11.8 Å². The Bertz CT molecular complexity index is 310. The molecule has 0 saturated heterocycles. The second-order valence-corrected chi connectivity index (χ2v) is 5.55. The average Bonchev–Trinajstić information content (AvgIpc) is 2.28.